The molecular weight excluding hydrogens is 611 g/mol. The van der Waals surface area contributed by atoms with Crippen molar-refractivity contribution in [3.05, 3.63) is 125 Å². The van der Waals surface area contributed by atoms with E-state index in [9.17, 15) is 4.79 Å². The Labute approximate surface area is 282 Å². The van der Waals surface area contributed by atoms with E-state index in [1.54, 1.807) is 12.1 Å². The number of nitrogens with one attached hydrogen (secondary N) is 1. The third-order valence-electron chi connectivity index (χ3n) is 7.82. The van der Waals surface area contributed by atoms with Crippen molar-refractivity contribution in [3.63, 3.8) is 0 Å². The van der Waals surface area contributed by atoms with Crippen LogP contribution < -0.4 is 15.2 Å². The number of hydrazone groups is 1. The minimum Gasteiger partial charge on any atom is -0.474 e. The Hall–Kier alpha value is -3.99. The molecule has 4 aromatic rings. The number of anilines is 1. The van der Waals surface area contributed by atoms with Crippen LogP contribution >= 0.6 is 12.0 Å². The zero-order chi connectivity index (χ0) is 32.7. The molecule has 1 N–H and O–H groups in total. The summed E-state index contributed by atoms with van der Waals surface area (Å²) < 4.78 is 11.3. The molecule has 1 aliphatic rings. The van der Waals surface area contributed by atoms with Gasteiger partial charge in [-0.2, -0.15) is 15.6 Å². The van der Waals surface area contributed by atoms with Crippen molar-refractivity contribution in [2.75, 3.05) is 11.6 Å². The standard InChI is InChI=1S/C38H43N3O5S/c1-3-5-7-9-13-29-14-12-15-31(27-29)28-30-18-20-32(21-19-30)36-37(38(42)41(40-36)33-16-10-8-11-17-33)43-34-22-24-35(25-23-34)47-46-45-44-39-26-6-4-2/h8,10-12,14-25,27,37,39H,3-7,9,13,26,28H2,1-2H3. The topological polar surface area (TPSA) is 81.6 Å². The number of benzene rings is 4. The summed E-state index contributed by atoms with van der Waals surface area (Å²) in [6.45, 7) is 5.00. The average molecular weight is 654 g/mol. The zero-order valence-corrected chi connectivity index (χ0v) is 27.9. The molecule has 0 radical (unpaired) electrons. The monoisotopic (exact) mass is 653 g/mol. The van der Waals surface area contributed by atoms with Gasteiger partial charge in [0.1, 0.15) is 11.5 Å². The maximum Gasteiger partial charge on any atom is 0.294 e. The normalized spacial score (nSPS) is 14.4. The second-order valence-corrected chi connectivity index (χ2v) is 12.3. The van der Waals surface area contributed by atoms with Crippen molar-refractivity contribution in [3.8, 4) is 5.75 Å². The molecule has 1 heterocycles. The van der Waals surface area contributed by atoms with Gasteiger partial charge in [-0.15, -0.1) is 9.32 Å². The number of carbonyl (C=O) groups excluding carboxylic acids is 1. The smallest absolute Gasteiger partial charge is 0.294 e. The number of carbonyl (C=O) groups is 1. The van der Waals surface area contributed by atoms with Crippen molar-refractivity contribution in [1.82, 2.24) is 5.48 Å². The van der Waals surface area contributed by atoms with Crippen molar-refractivity contribution < 1.29 is 23.9 Å². The van der Waals surface area contributed by atoms with E-state index in [0.717, 1.165) is 48.2 Å². The third kappa shape index (κ3) is 10.2. The van der Waals surface area contributed by atoms with Gasteiger partial charge in [0, 0.05) is 17.0 Å². The van der Waals surface area contributed by atoms with Gasteiger partial charge in [-0.05, 0) is 83.8 Å². The minimum absolute atomic E-state index is 0.256. The Morgan fingerprint density at radius 3 is 2.32 bits per heavy atom. The van der Waals surface area contributed by atoms with Gasteiger partial charge in [0.15, 0.2) is 0 Å². The summed E-state index contributed by atoms with van der Waals surface area (Å²) in [5.74, 6) is 0.272. The van der Waals surface area contributed by atoms with Crippen LogP contribution in [0.1, 0.15) is 74.6 Å². The van der Waals surface area contributed by atoms with E-state index in [-0.39, 0.29) is 5.91 Å². The predicted molar refractivity (Wildman–Crippen MR) is 187 cm³/mol. The van der Waals surface area contributed by atoms with Crippen LogP contribution in [0.3, 0.4) is 0 Å². The Morgan fingerprint density at radius 1 is 0.787 bits per heavy atom. The molecule has 5 rings (SSSR count). The summed E-state index contributed by atoms with van der Waals surface area (Å²) >= 11 is 0.997. The molecule has 246 valence electrons. The molecule has 0 fully saturated rings. The molecular formula is C38H43N3O5S. The molecule has 0 aromatic heterocycles. The first-order valence-corrected chi connectivity index (χ1v) is 17.2. The quantitative estimate of drug-likeness (QED) is 0.0469. The number of rotatable bonds is 19. The zero-order valence-electron chi connectivity index (χ0n) is 27.1. The van der Waals surface area contributed by atoms with Gasteiger partial charge in [0.05, 0.1) is 17.7 Å². The van der Waals surface area contributed by atoms with Gasteiger partial charge < -0.3 is 4.74 Å². The van der Waals surface area contributed by atoms with E-state index in [4.69, 9.17) is 19.2 Å². The molecule has 1 unspecified atom stereocenters. The summed E-state index contributed by atoms with van der Waals surface area (Å²) in [6, 6.07) is 33.7. The van der Waals surface area contributed by atoms with Crippen LogP contribution in [0.4, 0.5) is 5.69 Å². The van der Waals surface area contributed by atoms with E-state index in [2.05, 4.69) is 60.8 Å². The number of amides is 1. The fourth-order valence-electron chi connectivity index (χ4n) is 5.28. The number of ether oxygens (including phenoxy) is 1. The molecule has 1 amide bonds. The Bertz CT molecular complexity index is 1560. The summed E-state index contributed by atoms with van der Waals surface area (Å²) in [7, 11) is 0. The second-order valence-electron chi connectivity index (χ2n) is 11.5. The lowest BCUT2D eigenvalue weighted by atomic mass is 9.98. The van der Waals surface area contributed by atoms with Gasteiger partial charge in [0.2, 0.25) is 6.10 Å². The largest absolute Gasteiger partial charge is 0.474 e. The Balaban J connectivity index is 1.25. The first-order chi connectivity index (χ1) is 23.1. The van der Waals surface area contributed by atoms with E-state index in [1.807, 2.05) is 54.6 Å². The van der Waals surface area contributed by atoms with E-state index < -0.39 is 6.10 Å². The van der Waals surface area contributed by atoms with Crippen molar-refractivity contribution in [1.29, 1.82) is 0 Å². The number of hydrogen-bond acceptors (Lipinski definition) is 8. The van der Waals surface area contributed by atoms with E-state index in [0.29, 0.717) is 23.7 Å². The van der Waals surface area contributed by atoms with E-state index >= 15 is 0 Å². The number of unbranched alkanes of at least 4 members (excludes halogenated alkanes) is 4. The first-order valence-electron chi connectivity index (χ1n) is 16.5. The number of hydrogen-bond donors (Lipinski definition) is 1. The number of hydroxylamine groups is 1. The lowest BCUT2D eigenvalue weighted by Crippen LogP contribution is -2.37. The molecule has 1 atom stereocenters. The molecule has 4 aromatic carbocycles. The van der Waals surface area contributed by atoms with Gasteiger partial charge in [-0.25, -0.2) is 0 Å². The SMILES string of the molecule is CCCCCCc1cccc(Cc2ccc(C3=NN(c4ccccc4)C(=O)C3Oc3ccc(SOOONCCCC)cc3)cc2)c1. The second kappa shape index (κ2) is 18.4. The van der Waals surface area contributed by atoms with Gasteiger partial charge in [-0.1, -0.05) is 106 Å². The van der Waals surface area contributed by atoms with Crippen LogP contribution in [0.5, 0.6) is 5.75 Å². The van der Waals surface area contributed by atoms with Crippen LogP contribution in [0.2, 0.25) is 0 Å². The van der Waals surface area contributed by atoms with Crippen molar-refractivity contribution in [2.45, 2.75) is 76.2 Å². The number of nitrogens with zero attached hydrogens (tertiary/aromatic N) is 2. The molecule has 47 heavy (non-hydrogen) atoms. The molecule has 9 heteroatoms. The van der Waals surface area contributed by atoms with Crippen LogP contribution in [0, 0.1) is 0 Å². The van der Waals surface area contributed by atoms with Crippen LogP contribution in [-0.2, 0) is 32.0 Å². The molecule has 1 aliphatic heterocycles. The highest BCUT2D eigenvalue weighted by molar-refractivity contribution is 7.94. The molecule has 0 saturated carbocycles. The van der Waals surface area contributed by atoms with Crippen LogP contribution in [0.15, 0.2) is 113 Å². The van der Waals surface area contributed by atoms with Crippen LogP contribution in [-0.4, -0.2) is 24.3 Å². The third-order valence-corrected chi connectivity index (χ3v) is 8.41. The summed E-state index contributed by atoms with van der Waals surface area (Å²) in [6.07, 6.45) is 8.12. The first kappa shape index (κ1) is 34.3. The van der Waals surface area contributed by atoms with E-state index in [1.165, 1.54) is 47.4 Å². The summed E-state index contributed by atoms with van der Waals surface area (Å²) in [4.78, 5) is 19.2. The summed E-state index contributed by atoms with van der Waals surface area (Å²) in [5, 5.41) is 10.9. The molecule has 0 bridgehead atoms. The molecule has 0 aliphatic carbocycles. The maximum absolute atomic E-state index is 13.7. The fourth-order valence-corrected chi connectivity index (χ4v) is 5.66. The Morgan fingerprint density at radius 2 is 1.55 bits per heavy atom. The number of para-hydroxylation sites is 1. The highest BCUT2D eigenvalue weighted by Crippen LogP contribution is 2.28. The van der Waals surface area contributed by atoms with Gasteiger partial charge >= 0.3 is 0 Å². The van der Waals surface area contributed by atoms with Crippen molar-refractivity contribution in [2.24, 2.45) is 5.10 Å². The van der Waals surface area contributed by atoms with Gasteiger partial charge in [0.25, 0.3) is 5.91 Å². The maximum atomic E-state index is 13.7. The van der Waals surface area contributed by atoms with Gasteiger partial charge in [-0.3, -0.25) is 4.79 Å². The van der Waals surface area contributed by atoms with Crippen LogP contribution in [0.25, 0.3) is 0 Å². The van der Waals surface area contributed by atoms with Crippen molar-refractivity contribution >= 4 is 29.3 Å². The highest BCUT2D eigenvalue weighted by Gasteiger charge is 2.39. The lowest BCUT2D eigenvalue weighted by Gasteiger charge is -2.16. The number of aryl methyl sites for hydroxylation is 1. The Kier molecular flexibility index (Phi) is 13.4. The molecule has 8 nitrogen and oxygen atoms in total. The lowest BCUT2D eigenvalue weighted by molar-refractivity contribution is -0.486. The molecule has 0 saturated heterocycles. The average Bonchev–Trinajstić information content (AvgIpc) is 3.43. The fraction of sp³-hybridized carbons (Fsp3) is 0.316. The predicted octanol–water partition coefficient (Wildman–Crippen LogP) is 8.79. The highest BCUT2D eigenvalue weighted by atomic mass is 32.2. The molecule has 0 spiro atoms. The summed E-state index contributed by atoms with van der Waals surface area (Å²) in [5.41, 5.74) is 8.62. The minimum atomic E-state index is -0.911.